The Morgan fingerprint density at radius 2 is 2.12 bits per heavy atom. The largest absolute Gasteiger partial charge is 0.308 e. The molecule has 1 N–H and O–H groups in total. The van der Waals surface area contributed by atoms with Crippen LogP contribution in [0.1, 0.15) is 38.8 Å². The van der Waals surface area contributed by atoms with Gasteiger partial charge in [-0.3, -0.25) is 0 Å². The van der Waals surface area contributed by atoms with Gasteiger partial charge in [-0.25, -0.2) is 0 Å². The van der Waals surface area contributed by atoms with E-state index in [2.05, 4.69) is 32.2 Å². The van der Waals surface area contributed by atoms with Crippen molar-refractivity contribution in [3.63, 3.8) is 0 Å². The van der Waals surface area contributed by atoms with E-state index in [0.717, 1.165) is 5.02 Å². The molecular formula is C14H22ClNS. The first-order chi connectivity index (χ1) is 8.13. The van der Waals surface area contributed by atoms with Crippen molar-refractivity contribution in [3.8, 4) is 0 Å². The van der Waals surface area contributed by atoms with Crippen molar-refractivity contribution < 1.29 is 0 Å². The van der Waals surface area contributed by atoms with Crippen molar-refractivity contribution in [2.24, 2.45) is 0 Å². The molecule has 0 bridgehead atoms. The van der Waals surface area contributed by atoms with Crippen LogP contribution in [0.2, 0.25) is 5.02 Å². The SMILES string of the molecule is CCSCCC(C)NC(C)c1cccc(Cl)c1. The normalized spacial score (nSPS) is 14.6. The maximum Gasteiger partial charge on any atom is 0.0409 e. The highest BCUT2D eigenvalue weighted by atomic mass is 35.5. The summed E-state index contributed by atoms with van der Waals surface area (Å²) in [4.78, 5) is 0. The fraction of sp³-hybridized carbons (Fsp3) is 0.571. The van der Waals surface area contributed by atoms with Gasteiger partial charge in [0.25, 0.3) is 0 Å². The summed E-state index contributed by atoms with van der Waals surface area (Å²) in [6.45, 7) is 6.64. The monoisotopic (exact) mass is 271 g/mol. The molecule has 0 saturated heterocycles. The molecule has 0 fully saturated rings. The molecule has 0 aliphatic heterocycles. The predicted octanol–water partition coefficient (Wildman–Crippen LogP) is 4.52. The Morgan fingerprint density at radius 3 is 2.76 bits per heavy atom. The molecule has 1 rings (SSSR count). The third kappa shape index (κ3) is 5.80. The first-order valence-corrected chi connectivity index (χ1v) is 7.76. The van der Waals surface area contributed by atoms with Gasteiger partial charge in [-0.15, -0.1) is 0 Å². The summed E-state index contributed by atoms with van der Waals surface area (Å²) < 4.78 is 0. The number of nitrogens with one attached hydrogen (secondary N) is 1. The van der Waals surface area contributed by atoms with Crippen molar-refractivity contribution in [3.05, 3.63) is 34.9 Å². The Balaban J connectivity index is 2.40. The number of halogens is 1. The molecule has 1 aromatic rings. The van der Waals surface area contributed by atoms with E-state index in [9.17, 15) is 0 Å². The lowest BCUT2D eigenvalue weighted by atomic mass is 10.1. The first kappa shape index (κ1) is 14.9. The third-order valence-electron chi connectivity index (χ3n) is 2.78. The predicted molar refractivity (Wildman–Crippen MR) is 80.1 cm³/mol. The van der Waals surface area contributed by atoms with Crippen LogP contribution in [0.15, 0.2) is 24.3 Å². The van der Waals surface area contributed by atoms with Crippen LogP contribution in [0.5, 0.6) is 0 Å². The molecule has 0 amide bonds. The third-order valence-corrected chi connectivity index (χ3v) is 3.95. The van der Waals surface area contributed by atoms with Gasteiger partial charge < -0.3 is 5.32 Å². The fourth-order valence-electron chi connectivity index (χ4n) is 1.79. The highest BCUT2D eigenvalue weighted by Crippen LogP contribution is 2.18. The average Bonchev–Trinajstić information content (AvgIpc) is 2.29. The molecular weight excluding hydrogens is 250 g/mol. The lowest BCUT2D eigenvalue weighted by Gasteiger charge is -2.20. The van der Waals surface area contributed by atoms with Crippen LogP contribution in [-0.2, 0) is 0 Å². The Kier molecular flexibility index (Phi) is 7.02. The van der Waals surface area contributed by atoms with Gasteiger partial charge >= 0.3 is 0 Å². The van der Waals surface area contributed by atoms with E-state index in [1.165, 1.54) is 23.5 Å². The molecule has 96 valence electrons. The van der Waals surface area contributed by atoms with Crippen molar-refractivity contribution >= 4 is 23.4 Å². The minimum absolute atomic E-state index is 0.357. The Morgan fingerprint density at radius 1 is 1.35 bits per heavy atom. The second-order valence-electron chi connectivity index (χ2n) is 4.33. The molecule has 17 heavy (non-hydrogen) atoms. The molecule has 1 aromatic carbocycles. The van der Waals surface area contributed by atoms with Crippen LogP contribution in [0.3, 0.4) is 0 Å². The Bertz CT molecular complexity index is 330. The molecule has 0 aromatic heterocycles. The maximum absolute atomic E-state index is 6.00. The minimum atomic E-state index is 0.357. The average molecular weight is 272 g/mol. The molecule has 2 unspecified atom stereocenters. The highest BCUT2D eigenvalue weighted by Gasteiger charge is 2.09. The molecule has 0 aliphatic rings. The summed E-state index contributed by atoms with van der Waals surface area (Å²) in [6.07, 6.45) is 1.21. The lowest BCUT2D eigenvalue weighted by Crippen LogP contribution is -2.29. The van der Waals surface area contributed by atoms with Crippen molar-refractivity contribution in [1.82, 2.24) is 5.32 Å². The summed E-state index contributed by atoms with van der Waals surface area (Å²) >= 11 is 8.00. The van der Waals surface area contributed by atoms with Gasteiger partial charge in [0.05, 0.1) is 0 Å². The zero-order valence-electron chi connectivity index (χ0n) is 10.9. The van der Waals surface area contributed by atoms with Gasteiger partial charge in [-0.1, -0.05) is 30.7 Å². The summed E-state index contributed by atoms with van der Waals surface area (Å²) in [7, 11) is 0. The van der Waals surface area contributed by atoms with Gasteiger partial charge in [-0.2, -0.15) is 11.8 Å². The first-order valence-electron chi connectivity index (χ1n) is 6.22. The molecule has 3 heteroatoms. The van der Waals surface area contributed by atoms with Gasteiger partial charge in [0, 0.05) is 17.1 Å². The molecule has 0 heterocycles. The molecule has 0 spiro atoms. The molecule has 0 aliphatic carbocycles. The standard InChI is InChI=1S/C14H22ClNS/c1-4-17-9-8-11(2)16-12(3)13-6-5-7-14(15)10-13/h5-7,10-12,16H,4,8-9H2,1-3H3. The van der Waals surface area contributed by atoms with Crippen LogP contribution in [0.25, 0.3) is 0 Å². The second-order valence-corrected chi connectivity index (χ2v) is 6.16. The number of hydrogen-bond acceptors (Lipinski definition) is 2. The van der Waals surface area contributed by atoms with E-state index in [0.29, 0.717) is 12.1 Å². The summed E-state index contributed by atoms with van der Waals surface area (Å²) in [5.41, 5.74) is 1.26. The smallest absolute Gasteiger partial charge is 0.0409 e. The van der Waals surface area contributed by atoms with Crippen LogP contribution >= 0.6 is 23.4 Å². The lowest BCUT2D eigenvalue weighted by molar-refractivity contribution is 0.471. The highest BCUT2D eigenvalue weighted by molar-refractivity contribution is 7.99. The zero-order chi connectivity index (χ0) is 12.7. The van der Waals surface area contributed by atoms with E-state index in [-0.39, 0.29) is 0 Å². The van der Waals surface area contributed by atoms with E-state index in [4.69, 9.17) is 11.6 Å². The fourth-order valence-corrected chi connectivity index (χ4v) is 2.79. The van der Waals surface area contributed by atoms with Crippen LogP contribution in [0, 0.1) is 0 Å². The summed E-state index contributed by atoms with van der Waals surface area (Å²) in [5, 5.41) is 4.42. The zero-order valence-corrected chi connectivity index (χ0v) is 12.4. The molecule has 0 radical (unpaired) electrons. The molecule has 0 saturated carbocycles. The molecule has 2 atom stereocenters. The van der Waals surface area contributed by atoms with E-state index < -0.39 is 0 Å². The van der Waals surface area contributed by atoms with Gasteiger partial charge in [0.15, 0.2) is 0 Å². The van der Waals surface area contributed by atoms with Crippen LogP contribution < -0.4 is 5.32 Å². The number of thioether (sulfide) groups is 1. The maximum atomic E-state index is 6.00. The van der Waals surface area contributed by atoms with E-state index >= 15 is 0 Å². The van der Waals surface area contributed by atoms with E-state index in [1.54, 1.807) is 0 Å². The number of hydrogen-bond donors (Lipinski definition) is 1. The number of rotatable bonds is 7. The topological polar surface area (TPSA) is 12.0 Å². The Labute approximate surface area is 114 Å². The van der Waals surface area contributed by atoms with Gasteiger partial charge in [0.2, 0.25) is 0 Å². The summed E-state index contributed by atoms with van der Waals surface area (Å²) in [5.74, 6) is 2.43. The number of benzene rings is 1. The van der Waals surface area contributed by atoms with Crippen molar-refractivity contribution in [1.29, 1.82) is 0 Å². The van der Waals surface area contributed by atoms with E-state index in [1.807, 2.05) is 30.0 Å². The van der Waals surface area contributed by atoms with Gasteiger partial charge in [0.1, 0.15) is 0 Å². The quantitative estimate of drug-likeness (QED) is 0.732. The van der Waals surface area contributed by atoms with Crippen LogP contribution in [0.4, 0.5) is 0 Å². The van der Waals surface area contributed by atoms with Crippen molar-refractivity contribution in [2.75, 3.05) is 11.5 Å². The Hall–Kier alpha value is -0.180. The van der Waals surface area contributed by atoms with Crippen LogP contribution in [-0.4, -0.2) is 17.5 Å². The minimum Gasteiger partial charge on any atom is -0.308 e. The van der Waals surface area contributed by atoms with Gasteiger partial charge in [-0.05, 0) is 49.5 Å². The second kappa shape index (κ2) is 8.02. The molecule has 1 nitrogen and oxygen atoms in total. The van der Waals surface area contributed by atoms with Crippen molar-refractivity contribution in [2.45, 2.75) is 39.3 Å². The summed E-state index contributed by atoms with van der Waals surface area (Å²) in [6, 6.07) is 8.98.